The first-order chi connectivity index (χ1) is 15.8. The Morgan fingerprint density at radius 2 is 1.67 bits per heavy atom. The van der Waals surface area contributed by atoms with Gasteiger partial charge in [-0.25, -0.2) is 4.68 Å². The van der Waals surface area contributed by atoms with Gasteiger partial charge in [0.25, 0.3) is 5.91 Å². The average Bonchev–Trinajstić information content (AvgIpc) is 3.15. The fraction of sp³-hybridized carbons (Fsp3) is 0.480. The molecule has 2 heterocycles. The Morgan fingerprint density at radius 3 is 2.15 bits per heavy atom. The third-order valence-corrected chi connectivity index (χ3v) is 5.88. The number of aryl methyl sites for hydroxylation is 3. The number of amides is 1. The average molecular weight is 451 g/mol. The fourth-order valence-electron chi connectivity index (χ4n) is 4.42. The second kappa shape index (κ2) is 10.4. The molecule has 0 unspecified atom stereocenters. The number of ether oxygens (including phenoxy) is 1. The van der Waals surface area contributed by atoms with Crippen LogP contribution in [0.2, 0.25) is 0 Å². The largest absolute Gasteiger partial charge is 0.467 e. The van der Waals surface area contributed by atoms with Gasteiger partial charge in [-0.15, -0.1) is 11.0 Å². The van der Waals surface area contributed by atoms with E-state index in [1.165, 1.54) is 11.8 Å². The second-order valence-corrected chi connectivity index (χ2v) is 8.31. The maximum Gasteiger partial charge on any atom is 0.314 e. The van der Waals surface area contributed by atoms with E-state index < -0.39 is 5.92 Å². The van der Waals surface area contributed by atoms with Crippen LogP contribution in [0.1, 0.15) is 71.4 Å². The Morgan fingerprint density at radius 1 is 1.09 bits per heavy atom. The predicted molar refractivity (Wildman–Crippen MR) is 123 cm³/mol. The molecule has 8 nitrogen and oxygen atoms in total. The van der Waals surface area contributed by atoms with Crippen LogP contribution < -0.4 is 4.74 Å². The molecular weight excluding hydrogens is 420 g/mol. The standard InChI is InChI=1S/C25H30N4O4/c1-6-9-18-14-16(2)21(17(3)15-18)22-19(30)10-7-12-29(13-8-11-20(22)31)24(32)23-26-25(33-5)28(4)27-23/h14-15,22H,7-8,10-13H2,1-5H3. The summed E-state index contributed by atoms with van der Waals surface area (Å²) in [5, 5.41) is 4.12. The van der Waals surface area contributed by atoms with Crippen molar-refractivity contribution in [2.75, 3.05) is 20.2 Å². The van der Waals surface area contributed by atoms with Gasteiger partial charge in [0.1, 0.15) is 17.5 Å². The van der Waals surface area contributed by atoms with Gasteiger partial charge in [0.2, 0.25) is 5.82 Å². The third-order valence-electron chi connectivity index (χ3n) is 5.88. The van der Waals surface area contributed by atoms with Crippen molar-refractivity contribution in [3.8, 4) is 17.9 Å². The highest BCUT2D eigenvalue weighted by molar-refractivity contribution is 6.08. The maximum absolute atomic E-state index is 13.2. The van der Waals surface area contributed by atoms with Crippen LogP contribution in [-0.2, 0) is 16.6 Å². The lowest BCUT2D eigenvalue weighted by Gasteiger charge is -2.25. The van der Waals surface area contributed by atoms with E-state index in [1.807, 2.05) is 26.0 Å². The number of ketones is 2. The van der Waals surface area contributed by atoms with Crippen molar-refractivity contribution in [1.82, 2.24) is 19.7 Å². The summed E-state index contributed by atoms with van der Waals surface area (Å²) >= 11 is 0. The van der Waals surface area contributed by atoms with E-state index >= 15 is 0 Å². The molecule has 0 atom stereocenters. The monoisotopic (exact) mass is 450 g/mol. The number of Topliss-reactive ketones (excluding diaryl/α,β-unsaturated/α-hetero) is 2. The van der Waals surface area contributed by atoms with Gasteiger partial charge in [-0.1, -0.05) is 5.92 Å². The van der Waals surface area contributed by atoms with E-state index in [4.69, 9.17) is 4.74 Å². The molecule has 1 aliphatic heterocycles. The highest BCUT2D eigenvalue weighted by Gasteiger charge is 2.32. The van der Waals surface area contributed by atoms with Crippen molar-refractivity contribution in [2.45, 2.75) is 52.4 Å². The predicted octanol–water partition coefficient (Wildman–Crippen LogP) is 2.75. The summed E-state index contributed by atoms with van der Waals surface area (Å²) in [6.45, 7) is 6.43. The first-order valence-corrected chi connectivity index (χ1v) is 11.1. The van der Waals surface area contributed by atoms with Crippen molar-refractivity contribution in [3.63, 3.8) is 0 Å². The van der Waals surface area contributed by atoms with Gasteiger partial charge in [-0.05, 0) is 62.4 Å². The summed E-state index contributed by atoms with van der Waals surface area (Å²) in [6, 6.07) is 4.12. The van der Waals surface area contributed by atoms with Crippen molar-refractivity contribution in [2.24, 2.45) is 7.05 Å². The topological polar surface area (TPSA) is 94.4 Å². The van der Waals surface area contributed by atoms with Gasteiger partial charge in [-0.3, -0.25) is 14.4 Å². The molecule has 1 fully saturated rings. The van der Waals surface area contributed by atoms with E-state index in [0.717, 1.165) is 22.3 Å². The van der Waals surface area contributed by atoms with Crippen LogP contribution in [0.25, 0.3) is 0 Å². The Labute approximate surface area is 194 Å². The van der Waals surface area contributed by atoms with Crippen LogP contribution in [0.5, 0.6) is 6.01 Å². The minimum absolute atomic E-state index is 0.0449. The Hall–Kier alpha value is -3.47. The number of rotatable bonds is 3. The molecule has 8 heteroatoms. The normalized spacial score (nSPS) is 15.7. The van der Waals surface area contributed by atoms with Crippen LogP contribution in [0.4, 0.5) is 0 Å². The number of methoxy groups -OCH3 is 1. The van der Waals surface area contributed by atoms with Crippen molar-refractivity contribution >= 4 is 17.5 Å². The minimum atomic E-state index is -0.766. The molecule has 33 heavy (non-hydrogen) atoms. The van der Waals surface area contributed by atoms with Crippen molar-refractivity contribution in [1.29, 1.82) is 0 Å². The van der Waals surface area contributed by atoms with Gasteiger partial charge in [0.15, 0.2) is 0 Å². The van der Waals surface area contributed by atoms with Gasteiger partial charge in [-0.2, -0.15) is 4.98 Å². The van der Waals surface area contributed by atoms with Gasteiger partial charge >= 0.3 is 6.01 Å². The Bertz CT molecular complexity index is 1090. The molecule has 2 aromatic rings. The first-order valence-electron chi connectivity index (χ1n) is 11.1. The number of hydrogen-bond donors (Lipinski definition) is 0. The number of carbonyl (C=O) groups is 3. The zero-order chi connectivity index (χ0) is 24.1. The van der Waals surface area contributed by atoms with Crippen LogP contribution in [0, 0.1) is 25.7 Å². The van der Waals surface area contributed by atoms with E-state index in [1.54, 1.807) is 18.9 Å². The van der Waals surface area contributed by atoms with E-state index in [2.05, 4.69) is 21.9 Å². The van der Waals surface area contributed by atoms with Crippen LogP contribution in [-0.4, -0.2) is 57.3 Å². The first kappa shape index (κ1) is 24.2. The van der Waals surface area contributed by atoms with Crippen molar-refractivity contribution in [3.05, 3.63) is 40.2 Å². The molecule has 3 rings (SSSR count). The Kier molecular flexibility index (Phi) is 7.64. The third kappa shape index (κ3) is 5.30. The Balaban J connectivity index is 1.80. The lowest BCUT2D eigenvalue weighted by Crippen LogP contribution is -2.36. The van der Waals surface area contributed by atoms with Gasteiger partial charge < -0.3 is 9.64 Å². The van der Waals surface area contributed by atoms with Crippen LogP contribution >= 0.6 is 0 Å². The highest BCUT2D eigenvalue weighted by Crippen LogP contribution is 2.30. The molecule has 1 aromatic heterocycles. The van der Waals surface area contributed by atoms with Gasteiger partial charge in [0.05, 0.1) is 7.11 Å². The zero-order valence-corrected chi connectivity index (χ0v) is 19.9. The lowest BCUT2D eigenvalue weighted by atomic mass is 9.81. The molecule has 1 saturated heterocycles. The summed E-state index contributed by atoms with van der Waals surface area (Å²) in [4.78, 5) is 45.0. The van der Waals surface area contributed by atoms with E-state index in [9.17, 15) is 14.4 Å². The zero-order valence-electron chi connectivity index (χ0n) is 19.9. The summed E-state index contributed by atoms with van der Waals surface area (Å²) in [5.41, 5.74) is 3.49. The molecular formula is C25H30N4O4. The molecule has 0 saturated carbocycles. The van der Waals surface area contributed by atoms with Crippen molar-refractivity contribution < 1.29 is 19.1 Å². The molecule has 0 aliphatic carbocycles. The fourth-order valence-corrected chi connectivity index (χ4v) is 4.42. The maximum atomic E-state index is 13.2. The summed E-state index contributed by atoms with van der Waals surface area (Å²) in [6.07, 6.45) is 1.37. The highest BCUT2D eigenvalue weighted by atomic mass is 16.5. The molecule has 0 bridgehead atoms. The molecule has 0 spiro atoms. The number of hydrogen-bond acceptors (Lipinski definition) is 6. The summed E-state index contributed by atoms with van der Waals surface area (Å²) < 4.78 is 6.49. The molecule has 1 amide bonds. The molecule has 174 valence electrons. The van der Waals surface area contributed by atoms with E-state index in [0.29, 0.717) is 25.9 Å². The number of aromatic nitrogens is 3. The van der Waals surface area contributed by atoms with Gasteiger partial charge in [0, 0.05) is 38.5 Å². The van der Waals surface area contributed by atoms with Crippen LogP contribution in [0.15, 0.2) is 12.1 Å². The lowest BCUT2D eigenvalue weighted by molar-refractivity contribution is -0.129. The number of nitrogens with zero attached hydrogens (tertiary/aromatic N) is 4. The SMILES string of the molecule is CC#Cc1cc(C)c(C2C(=O)CCCN(C(=O)c3nc(OC)n(C)n3)CCCC2=O)c(C)c1. The summed E-state index contributed by atoms with van der Waals surface area (Å²) in [5.74, 6) is 4.67. The molecule has 1 aromatic carbocycles. The molecule has 0 N–H and O–H groups in total. The van der Waals surface area contributed by atoms with E-state index in [-0.39, 0.29) is 42.2 Å². The molecule has 1 aliphatic rings. The number of benzene rings is 1. The minimum Gasteiger partial charge on any atom is -0.467 e. The quantitative estimate of drug-likeness (QED) is 0.527. The number of carbonyl (C=O) groups excluding carboxylic acids is 3. The second-order valence-electron chi connectivity index (χ2n) is 8.31. The smallest absolute Gasteiger partial charge is 0.314 e. The molecule has 0 radical (unpaired) electrons. The summed E-state index contributed by atoms with van der Waals surface area (Å²) in [7, 11) is 3.11. The van der Waals surface area contributed by atoms with Crippen LogP contribution in [0.3, 0.4) is 0 Å².